The first-order chi connectivity index (χ1) is 14.1. The van der Waals surface area contributed by atoms with E-state index in [1.807, 2.05) is 48.5 Å². The maximum atomic E-state index is 12.1. The van der Waals surface area contributed by atoms with Gasteiger partial charge in [0.25, 0.3) is 0 Å². The van der Waals surface area contributed by atoms with Crippen molar-refractivity contribution in [2.45, 2.75) is 0 Å². The first kappa shape index (κ1) is 19.3. The third kappa shape index (κ3) is 4.71. The molecule has 0 unspecified atom stereocenters. The molecule has 0 saturated carbocycles. The molecule has 0 atom stereocenters. The molecule has 0 aliphatic heterocycles. The average Bonchev–Trinajstić information content (AvgIpc) is 3.34. The largest absolute Gasteiger partial charge is 0.457 e. The Morgan fingerprint density at radius 1 is 1.10 bits per heavy atom. The summed E-state index contributed by atoms with van der Waals surface area (Å²) in [6.45, 7) is 0. The fourth-order valence-electron chi connectivity index (χ4n) is 2.61. The third-order valence-electron chi connectivity index (χ3n) is 3.91. The lowest BCUT2D eigenvalue weighted by Crippen LogP contribution is -2.32. The van der Waals surface area contributed by atoms with Crippen LogP contribution in [0, 0.1) is 0 Å². The zero-order valence-electron chi connectivity index (χ0n) is 14.9. The van der Waals surface area contributed by atoms with E-state index >= 15 is 0 Å². The van der Waals surface area contributed by atoms with E-state index in [1.54, 1.807) is 18.2 Å². The molecule has 144 valence electrons. The van der Waals surface area contributed by atoms with Crippen LogP contribution in [0.5, 0.6) is 0 Å². The summed E-state index contributed by atoms with van der Waals surface area (Å²) >= 11 is 12.7. The van der Waals surface area contributed by atoms with E-state index in [2.05, 4.69) is 15.6 Å². The number of rotatable bonds is 4. The molecule has 2 heterocycles. The molecule has 4 rings (SSSR count). The fraction of sp³-hybridized carbons (Fsp3) is 0. The van der Waals surface area contributed by atoms with Crippen molar-refractivity contribution in [2.24, 2.45) is 0 Å². The number of carbonyl (C=O) groups is 1. The van der Waals surface area contributed by atoms with Crippen LogP contribution in [-0.2, 0) is 4.79 Å². The van der Waals surface area contributed by atoms with Gasteiger partial charge in [0.15, 0.2) is 10.2 Å². The summed E-state index contributed by atoms with van der Waals surface area (Å²) in [5.74, 6) is 0.926. The molecule has 5 nitrogen and oxygen atoms in total. The minimum absolute atomic E-state index is 0.152. The second-order valence-electron chi connectivity index (χ2n) is 5.95. The molecule has 2 aromatic carbocycles. The Bertz CT molecular complexity index is 1220. The van der Waals surface area contributed by atoms with Crippen molar-refractivity contribution in [1.82, 2.24) is 10.3 Å². The Balaban J connectivity index is 1.36. The molecule has 0 aliphatic rings. The topological polar surface area (TPSA) is 67.2 Å². The van der Waals surface area contributed by atoms with E-state index in [4.69, 9.17) is 28.2 Å². The maximum absolute atomic E-state index is 12.1. The number of thiazole rings is 1. The lowest BCUT2D eigenvalue weighted by atomic mass is 10.2. The zero-order valence-corrected chi connectivity index (χ0v) is 17.3. The predicted molar refractivity (Wildman–Crippen MR) is 122 cm³/mol. The third-order valence-corrected chi connectivity index (χ3v) is 5.36. The summed E-state index contributed by atoms with van der Waals surface area (Å²) in [6.07, 6.45) is 2.94. The lowest BCUT2D eigenvalue weighted by molar-refractivity contribution is -0.115. The number of benzene rings is 2. The van der Waals surface area contributed by atoms with Crippen LogP contribution in [0.25, 0.3) is 27.6 Å². The molecule has 0 aliphatic carbocycles. The van der Waals surface area contributed by atoms with Gasteiger partial charge in [0.2, 0.25) is 5.91 Å². The van der Waals surface area contributed by atoms with E-state index in [9.17, 15) is 4.79 Å². The summed E-state index contributed by atoms with van der Waals surface area (Å²) in [6, 6.07) is 18.9. The van der Waals surface area contributed by atoms with Crippen molar-refractivity contribution >= 4 is 67.6 Å². The number of anilines is 1. The van der Waals surface area contributed by atoms with Gasteiger partial charge in [-0.25, -0.2) is 4.98 Å². The number of nitrogens with one attached hydrogen (secondary N) is 2. The number of nitrogens with zero attached hydrogens (tertiary/aromatic N) is 1. The summed E-state index contributed by atoms with van der Waals surface area (Å²) in [7, 11) is 0. The number of carbonyl (C=O) groups excluding carboxylic acids is 1. The van der Waals surface area contributed by atoms with Crippen LogP contribution in [0.15, 0.2) is 71.2 Å². The van der Waals surface area contributed by atoms with E-state index in [-0.39, 0.29) is 11.0 Å². The monoisotopic (exact) mass is 439 g/mol. The summed E-state index contributed by atoms with van der Waals surface area (Å²) in [5.41, 5.74) is 1.67. The molecule has 1 amide bonds. The fourth-order valence-corrected chi connectivity index (χ4v) is 4.04. The number of furan rings is 1. The van der Waals surface area contributed by atoms with Gasteiger partial charge in [0, 0.05) is 11.6 Å². The number of halogens is 1. The first-order valence-corrected chi connectivity index (χ1v) is 10.2. The van der Waals surface area contributed by atoms with Crippen molar-refractivity contribution in [3.05, 3.63) is 77.5 Å². The Hall–Kier alpha value is -3.00. The second-order valence-corrected chi connectivity index (χ2v) is 7.80. The van der Waals surface area contributed by atoms with Crippen molar-refractivity contribution in [3.8, 4) is 11.3 Å². The van der Waals surface area contributed by atoms with E-state index in [0.717, 1.165) is 16.0 Å². The summed E-state index contributed by atoms with van der Waals surface area (Å²) in [4.78, 5) is 16.5. The van der Waals surface area contributed by atoms with Gasteiger partial charge in [0.05, 0.1) is 9.72 Å². The summed E-state index contributed by atoms with van der Waals surface area (Å²) < 4.78 is 6.66. The molecular formula is C21H14ClN3O2S2. The SMILES string of the molecule is O=C(/C=C/c1ccc(-c2ccccc2)o1)NC(=S)Nc1nc2c(Cl)cccc2s1. The van der Waals surface area contributed by atoms with Crippen molar-refractivity contribution in [3.63, 3.8) is 0 Å². The number of hydrogen-bond acceptors (Lipinski definition) is 5. The second kappa shape index (κ2) is 8.57. The Morgan fingerprint density at radius 3 is 2.72 bits per heavy atom. The van der Waals surface area contributed by atoms with Crippen molar-refractivity contribution < 1.29 is 9.21 Å². The first-order valence-electron chi connectivity index (χ1n) is 8.59. The van der Waals surface area contributed by atoms with Gasteiger partial charge < -0.3 is 9.73 Å². The number of amides is 1. The van der Waals surface area contributed by atoms with Crippen LogP contribution in [0.2, 0.25) is 5.02 Å². The highest BCUT2D eigenvalue weighted by Crippen LogP contribution is 2.30. The average molecular weight is 440 g/mol. The molecule has 2 N–H and O–H groups in total. The molecule has 0 radical (unpaired) electrons. The molecule has 4 aromatic rings. The van der Waals surface area contributed by atoms with Gasteiger partial charge in [0.1, 0.15) is 17.0 Å². The Labute approximate surface area is 181 Å². The molecule has 0 saturated heterocycles. The maximum Gasteiger partial charge on any atom is 0.250 e. The molecule has 8 heteroatoms. The van der Waals surface area contributed by atoms with Gasteiger partial charge in [-0.1, -0.05) is 59.3 Å². The predicted octanol–water partition coefficient (Wildman–Crippen LogP) is 5.74. The van der Waals surface area contributed by atoms with E-state index in [1.165, 1.54) is 17.4 Å². The number of aromatic nitrogens is 1. The van der Waals surface area contributed by atoms with Crippen LogP contribution in [-0.4, -0.2) is 16.0 Å². The molecule has 0 spiro atoms. The smallest absolute Gasteiger partial charge is 0.250 e. The van der Waals surface area contributed by atoms with Gasteiger partial charge in [-0.3, -0.25) is 10.1 Å². The number of fused-ring (bicyclic) bond motifs is 1. The van der Waals surface area contributed by atoms with Crippen LogP contribution in [0.1, 0.15) is 5.76 Å². The minimum Gasteiger partial charge on any atom is -0.457 e. The van der Waals surface area contributed by atoms with Crippen LogP contribution >= 0.6 is 35.2 Å². The number of para-hydroxylation sites is 1. The van der Waals surface area contributed by atoms with E-state index in [0.29, 0.717) is 21.4 Å². The van der Waals surface area contributed by atoms with Crippen LogP contribution in [0.4, 0.5) is 5.13 Å². The normalized spacial score (nSPS) is 11.1. The van der Waals surface area contributed by atoms with Crippen LogP contribution in [0.3, 0.4) is 0 Å². The van der Waals surface area contributed by atoms with Crippen LogP contribution < -0.4 is 10.6 Å². The van der Waals surface area contributed by atoms with E-state index < -0.39 is 0 Å². The quantitative estimate of drug-likeness (QED) is 0.313. The molecule has 29 heavy (non-hydrogen) atoms. The number of hydrogen-bond donors (Lipinski definition) is 2. The molecular weight excluding hydrogens is 426 g/mol. The van der Waals surface area contributed by atoms with Gasteiger partial charge in [-0.2, -0.15) is 0 Å². The van der Waals surface area contributed by atoms with Gasteiger partial charge >= 0.3 is 0 Å². The molecule has 0 bridgehead atoms. The minimum atomic E-state index is -0.376. The summed E-state index contributed by atoms with van der Waals surface area (Å²) in [5, 5.41) is 6.76. The zero-order chi connectivity index (χ0) is 20.2. The molecule has 0 fully saturated rings. The Morgan fingerprint density at radius 2 is 1.93 bits per heavy atom. The van der Waals surface area contributed by atoms with Crippen molar-refractivity contribution in [2.75, 3.05) is 5.32 Å². The Kier molecular flexibility index (Phi) is 5.71. The highest BCUT2D eigenvalue weighted by molar-refractivity contribution is 7.80. The highest BCUT2D eigenvalue weighted by atomic mass is 35.5. The van der Waals surface area contributed by atoms with Crippen molar-refractivity contribution in [1.29, 1.82) is 0 Å². The van der Waals surface area contributed by atoms with Gasteiger partial charge in [-0.15, -0.1) is 0 Å². The van der Waals surface area contributed by atoms with Gasteiger partial charge in [-0.05, 0) is 42.6 Å². The standard InChI is InChI=1S/C21H14ClN3O2S2/c22-15-7-4-8-17-19(15)24-21(29-17)25-20(28)23-18(26)12-10-14-9-11-16(27-14)13-5-2-1-3-6-13/h1-12H,(H2,23,24,25,26,28)/b12-10+. The number of thiocarbonyl (C=S) groups is 1. The lowest BCUT2D eigenvalue weighted by Gasteiger charge is -2.04. The molecule has 2 aromatic heterocycles. The highest BCUT2D eigenvalue weighted by Gasteiger charge is 2.09.